The molecule has 0 amide bonds. The molecule has 0 fully saturated rings. The normalized spacial score (nSPS) is 13.3. The quantitative estimate of drug-likeness (QED) is 0.172. The number of hydrogen-bond donors (Lipinski definition) is 0. The van der Waals surface area contributed by atoms with Gasteiger partial charge < -0.3 is 4.42 Å². The van der Waals surface area contributed by atoms with E-state index in [1.54, 1.807) is 0 Å². The van der Waals surface area contributed by atoms with Crippen molar-refractivity contribution >= 4 is 54.3 Å². The van der Waals surface area contributed by atoms with Crippen LogP contribution in [0.1, 0.15) is 25.0 Å². The fourth-order valence-corrected chi connectivity index (χ4v) is 9.32. The molecule has 9 aromatic carbocycles. The van der Waals surface area contributed by atoms with E-state index >= 15 is 0 Å². The summed E-state index contributed by atoms with van der Waals surface area (Å²) in [6, 6.07) is 62.4. The molecule has 0 bridgehead atoms. The van der Waals surface area contributed by atoms with E-state index < -0.39 is 0 Å². The number of benzene rings is 9. The highest BCUT2D eigenvalue weighted by molar-refractivity contribution is 6.22. The lowest BCUT2D eigenvalue weighted by Gasteiger charge is -2.26. The predicted molar refractivity (Wildman–Crippen MR) is 220 cm³/mol. The zero-order valence-corrected chi connectivity index (χ0v) is 29.1. The molecular weight excluding hydrogens is 629 g/mol. The third-order valence-electron chi connectivity index (χ3n) is 11.6. The van der Waals surface area contributed by atoms with Crippen LogP contribution in [0.15, 0.2) is 174 Å². The third kappa shape index (κ3) is 4.05. The van der Waals surface area contributed by atoms with Crippen molar-refractivity contribution in [2.75, 3.05) is 0 Å². The second-order valence-corrected chi connectivity index (χ2v) is 14.8. The summed E-state index contributed by atoms with van der Waals surface area (Å²) in [5.41, 5.74) is 14.7. The van der Waals surface area contributed by atoms with Crippen molar-refractivity contribution in [1.29, 1.82) is 0 Å². The maximum atomic E-state index is 6.11. The summed E-state index contributed by atoms with van der Waals surface area (Å²) >= 11 is 0. The van der Waals surface area contributed by atoms with Crippen LogP contribution in [0.2, 0.25) is 0 Å². The Morgan fingerprint density at radius 2 is 0.904 bits per heavy atom. The molecular formula is C51H34O. The first-order chi connectivity index (χ1) is 25.6. The molecule has 1 aliphatic rings. The van der Waals surface area contributed by atoms with Gasteiger partial charge >= 0.3 is 0 Å². The third-order valence-corrected chi connectivity index (χ3v) is 11.6. The molecule has 0 radical (unpaired) electrons. The number of para-hydroxylation sites is 1. The van der Waals surface area contributed by atoms with Gasteiger partial charge in [0, 0.05) is 16.2 Å². The Balaban J connectivity index is 1.11. The van der Waals surface area contributed by atoms with E-state index in [2.05, 4.69) is 172 Å². The Morgan fingerprint density at radius 3 is 1.62 bits per heavy atom. The monoisotopic (exact) mass is 662 g/mol. The van der Waals surface area contributed by atoms with Gasteiger partial charge in [0.05, 0.1) is 0 Å². The fourth-order valence-electron chi connectivity index (χ4n) is 9.32. The Labute approximate surface area is 302 Å². The van der Waals surface area contributed by atoms with Gasteiger partial charge in [-0.1, -0.05) is 166 Å². The van der Waals surface area contributed by atoms with Gasteiger partial charge in [-0.15, -0.1) is 0 Å². The maximum absolute atomic E-state index is 6.11. The van der Waals surface area contributed by atoms with E-state index in [-0.39, 0.29) is 5.41 Å². The smallest absolute Gasteiger partial charge is 0.135 e. The Morgan fingerprint density at radius 1 is 0.365 bits per heavy atom. The molecule has 1 heterocycles. The van der Waals surface area contributed by atoms with Crippen LogP contribution in [0.5, 0.6) is 0 Å². The van der Waals surface area contributed by atoms with Crippen molar-refractivity contribution in [3.63, 3.8) is 0 Å². The summed E-state index contributed by atoms with van der Waals surface area (Å²) < 4.78 is 6.11. The first kappa shape index (κ1) is 29.3. The van der Waals surface area contributed by atoms with Crippen LogP contribution in [-0.4, -0.2) is 0 Å². The van der Waals surface area contributed by atoms with Gasteiger partial charge in [-0.3, -0.25) is 0 Å². The molecule has 11 rings (SSSR count). The molecule has 52 heavy (non-hydrogen) atoms. The molecule has 1 heteroatoms. The second kappa shape index (κ2) is 10.8. The van der Waals surface area contributed by atoms with Gasteiger partial charge in [0.2, 0.25) is 0 Å². The van der Waals surface area contributed by atoms with E-state index in [4.69, 9.17) is 4.42 Å². The predicted octanol–water partition coefficient (Wildman–Crippen LogP) is 14.4. The Hall–Kier alpha value is -6.44. The van der Waals surface area contributed by atoms with Crippen molar-refractivity contribution in [3.8, 4) is 44.5 Å². The van der Waals surface area contributed by atoms with E-state index in [1.165, 1.54) is 88.0 Å². The number of rotatable bonds is 3. The topological polar surface area (TPSA) is 13.1 Å². The SMILES string of the molecule is CC1(C)c2ccc3ccccc3c2-c2cccc(-c3c4ccccc4c(-c4ccc(-c5ccc6oc7ccccc7c6c5)cc4)c4ccccc34)c21. The van der Waals surface area contributed by atoms with E-state index in [9.17, 15) is 0 Å². The molecule has 0 unspecified atom stereocenters. The molecule has 1 nitrogen and oxygen atoms in total. The molecule has 0 saturated carbocycles. The van der Waals surface area contributed by atoms with Crippen LogP contribution in [0.4, 0.5) is 0 Å². The van der Waals surface area contributed by atoms with Gasteiger partial charge in [-0.25, -0.2) is 0 Å². The van der Waals surface area contributed by atoms with Crippen molar-refractivity contribution in [3.05, 3.63) is 181 Å². The average molecular weight is 663 g/mol. The molecule has 1 aromatic heterocycles. The van der Waals surface area contributed by atoms with Gasteiger partial charge in [0.1, 0.15) is 11.2 Å². The second-order valence-electron chi connectivity index (χ2n) is 14.8. The highest BCUT2D eigenvalue weighted by atomic mass is 16.3. The summed E-state index contributed by atoms with van der Waals surface area (Å²) in [7, 11) is 0. The minimum Gasteiger partial charge on any atom is -0.456 e. The van der Waals surface area contributed by atoms with Crippen LogP contribution >= 0.6 is 0 Å². The molecule has 1 aliphatic carbocycles. The minimum absolute atomic E-state index is 0.159. The highest BCUT2D eigenvalue weighted by Gasteiger charge is 2.39. The van der Waals surface area contributed by atoms with E-state index in [0.717, 1.165) is 21.9 Å². The summed E-state index contributed by atoms with van der Waals surface area (Å²) in [6.45, 7) is 4.81. The van der Waals surface area contributed by atoms with E-state index in [1.807, 2.05) is 12.1 Å². The molecule has 0 aliphatic heterocycles. The lowest BCUT2D eigenvalue weighted by atomic mass is 9.76. The van der Waals surface area contributed by atoms with Gasteiger partial charge in [-0.05, 0) is 106 Å². The summed E-state index contributed by atoms with van der Waals surface area (Å²) in [5.74, 6) is 0. The lowest BCUT2D eigenvalue weighted by Crippen LogP contribution is -2.16. The van der Waals surface area contributed by atoms with Crippen molar-refractivity contribution in [2.45, 2.75) is 19.3 Å². The van der Waals surface area contributed by atoms with Gasteiger partial charge in [-0.2, -0.15) is 0 Å². The zero-order chi connectivity index (χ0) is 34.6. The number of hydrogen-bond acceptors (Lipinski definition) is 1. The summed E-state index contributed by atoms with van der Waals surface area (Å²) in [5, 5.41) is 10.0. The van der Waals surface area contributed by atoms with Crippen LogP contribution in [-0.2, 0) is 5.41 Å². The molecule has 0 saturated heterocycles. The molecule has 0 N–H and O–H groups in total. The number of furan rings is 1. The van der Waals surface area contributed by atoms with Gasteiger partial charge in [0.15, 0.2) is 0 Å². The van der Waals surface area contributed by atoms with Crippen molar-refractivity contribution in [2.24, 2.45) is 0 Å². The lowest BCUT2D eigenvalue weighted by molar-refractivity contribution is 0.663. The molecule has 0 atom stereocenters. The van der Waals surface area contributed by atoms with Crippen LogP contribution in [0, 0.1) is 0 Å². The van der Waals surface area contributed by atoms with Crippen molar-refractivity contribution < 1.29 is 4.42 Å². The highest BCUT2D eigenvalue weighted by Crippen LogP contribution is 2.56. The van der Waals surface area contributed by atoms with Crippen LogP contribution < -0.4 is 0 Å². The van der Waals surface area contributed by atoms with Crippen LogP contribution in [0.3, 0.4) is 0 Å². The van der Waals surface area contributed by atoms with Crippen molar-refractivity contribution in [1.82, 2.24) is 0 Å². The largest absolute Gasteiger partial charge is 0.456 e. The number of fused-ring (bicyclic) bond motifs is 10. The average Bonchev–Trinajstić information content (AvgIpc) is 3.68. The fraction of sp³-hybridized carbons (Fsp3) is 0.0588. The summed E-state index contributed by atoms with van der Waals surface area (Å²) in [6.07, 6.45) is 0. The first-order valence-electron chi connectivity index (χ1n) is 18.2. The maximum Gasteiger partial charge on any atom is 0.135 e. The Bertz CT molecular complexity index is 3030. The molecule has 244 valence electrons. The first-order valence-corrected chi connectivity index (χ1v) is 18.2. The van der Waals surface area contributed by atoms with Gasteiger partial charge in [0.25, 0.3) is 0 Å². The van der Waals surface area contributed by atoms with Crippen LogP contribution in [0.25, 0.3) is 98.8 Å². The molecule has 0 spiro atoms. The zero-order valence-electron chi connectivity index (χ0n) is 29.1. The standard InChI is InChI=1S/C51H34O/c1-51(2)44-28-26-32-12-3-4-13-35(32)49(44)42-20-11-19-41(50(42)51)48-39-17-7-5-15-37(39)47(38-16-6-8-18-40(38)48)33-24-22-31(23-25-33)34-27-29-46-43(30-34)36-14-9-10-21-45(36)52-46/h3-30H,1-2H3. The minimum atomic E-state index is -0.159. The molecule has 10 aromatic rings. The van der Waals surface area contributed by atoms with E-state index in [0.29, 0.717) is 0 Å². The summed E-state index contributed by atoms with van der Waals surface area (Å²) in [4.78, 5) is 0. The Kier molecular flexibility index (Phi) is 6.08.